The lowest BCUT2D eigenvalue weighted by molar-refractivity contribution is 0.121. The van der Waals surface area contributed by atoms with Gasteiger partial charge in [0.2, 0.25) is 6.54 Å². The molecule has 0 bridgehead atoms. The van der Waals surface area contributed by atoms with E-state index in [1.165, 1.54) is 0 Å². The highest BCUT2D eigenvalue weighted by Gasteiger charge is 2.36. The van der Waals surface area contributed by atoms with E-state index in [0.29, 0.717) is 6.54 Å². The van der Waals surface area contributed by atoms with Gasteiger partial charge in [0, 0.05) is 27.4 Å². The van der Waals surface area contributed by atoms with Crippen molar-refractivity contribution in [3.8, 4) is 0 Å². The average Bonchev–Trinajstić information content (AvgIpc) is 2.41. The van der Waals surface area contributed by atoms with Crippen molar-refractivity contribution >= 4 is 8.80 Å². The van der Waals surface area contributed by atoms with Crippen molar-refractivity contribution in [2.45, 2.75) is 25.8 Å². The number of nitrogens with zero attached hydrogens (tertiary/aromatic N) is 2. The van der Waals surface area contributed by atoms with E-state index in [2.05, 4.69) is 16.7 Å². The highest BCUT2D eigenvalue weighted by atomic mass is 28.4. The van der Waals surface area contributed by atoms with Gasteiger partial charge in [0.25, 0.3) is 0 Å². The van der Waals surface area contributed by atoms with Crippen LogP contribution in [0, 0.1) is 6.57 Å². The summed E-state index contributed by atoms with van der Waals surface area (Å²) in [6, 6.07) is 0.814. The van der Waals surface area contributed by atoms with Crippen LogP contribution in [0.25, 0.3) is 4.85 Å². The molecular weight excluding hydrogens is 248 g/mol. The number of hydrogen-bond donors (Lipinski definition) is 0. The Morgan fingerprint density at radius 3 is 2.11 bits per heavy atom. The lowest BCUT2D eigenvalue weighted by atomic mass is 10.3. The van der Waals surface area contributed by atoms with Crippen molar-refractivity contribution in [1.82, 2.24) is 4.90 Å². The van der Waals surface area contributed by atoms with Crippen LogP contribution in [-0.4, -0.2) is 61.2 Å². The molecule has 0 aliphatic heterocycles. The van der Waals surface area contributed by atoms with Gasteiger partial charge in [0.05, 0.1) is 6.54 Å². The fourth-order valence-corrected chi connectivity index (χ4v) is 3.62. The van der Waals surface area contributed by atoms with Gasteiger partial charge in [0.1, 0.15) is 0 Å². The maximum Gasteiger partial charge on any atom is 0.500 e. The summed E-state index contributed by atoms with van der Waals surface area (Å²) in [6.45, 7) is 12.4. The van der Waals surface area contributed by atoms with Crippen LogP contribution in [-0.2, 0) is 13.3 Å². The predicted octanol–water partition coefficient (Wildman–Crippen LogP) is 1.89. The topological polar surface area (TPSA) is 35.3 Å². The van der Waals surface area contributed by atoms with E-state index in [9.17, 15) is 0 Å². The van der Waals surface area contributed by atoms with Crippen LogP contribution in [0.15, 0.2) is 0 Å². The first-order valence-electron chi connectivity index (χ1n) is 6.39. The molecule has 106 valence electrons. The van der Waals surface area contributed by atoms with Crippen LogP contribution in [0.3, 0.4) is 0 Å². The molecule has 0 atom stereocenters. The van der Waals surface area contributed by atoms with E-state index in [0.717, 1.165) is 38.5 Å². The summed E-state index contributed by atoms with van der Waals surface area (Å²) in [5.41, 5.74) is 0. The van der Waals surface area contributed by atoms with E-state index in [-0.39, 0.29) is 0 Å². The van der Waals surface area contributed by atoms with E-state index in [1.807, 2.05) is 0 Å². The second-order valence-corrected chi connectivity index (χ2v) is 7.21. The molecule has 0 radical (unpaired) electrons. The molecule has 0 unspecified atom stereocenters. The highest BCUT2D eigenvalue weighted by Crippen LogP contribution is 2.15. The van der Waals surface area contributed by atoms with Gasteiger partial charge in [0.15, 0.2) is 0 Å². The molecule has 0 aliphatic rings. The molecule has 0 aromatic rings. The summed E-state index contributed by atoms with van der Waals surface area (Å²) >= 11 is 0. The van der Waals surface area contributed by atoms with Crippen LogP contribution >= 0.6 is 0 Å². The SMILES string of the molecule is [C-]#[N+]CCN(CCC)CCC[Si](OC)(OC)OC. The zero-order valence-electron chi connectivity index (χ0n) is 12.1. The second-order valence-electron chi connectivity index (χ2n) is 4.12. The molecule has 0 saturated carbocycles. The highest BCUT2D eigenvalue weighted by molar-refractivity contribution is 6.60. The van der Waals surface area contributed by atoms with Gasteiger partial charge in [-0.2, -0.15) is 0 Å². The van der Waals surface area contributed by atoms with Gasteiger partial charge in [-0.25, -0.2) is 6.57 Å². The summed E-state index contributed by atoms with van der Waals surface area (Å²) in [4.78, 5) is 5.72. The molecule has 18 heavy (non-hydrogen) atoms. The van der Waals surface area contributed by atoms with E-state index >= 15 is 0 Å². The maximum atomic E-state index is 6.84. The van der Waals surface area contributed by atoms with Crippen LogP contribution in [0.2, 0.25) is 6.04 Å². The van der Waals surface area contributed by atoms with E-state index in [4.69, 9.17) is 19.9 Å². The molecule has 0 aromatic heterocycles. The Morgan fingerprint density at radius 1 is 1.06 bits per heavy atom. The largest absolute Gasteiger partial charge is 0.500 e. The minimum atomic E-state index is -2.43. The quantitative estimate of drug-likeness (QED) is 0.426. The molecule has 0 aliphatic carbocycles. The van der Waals surface area contributed by atoms with Gasteiger partial charge >= 0.3 is 8.80 Å². The van der Waals surface area contributed by atoms with Gasteiger partial charge < -0.3 is 18.1 Å². The number of rotatable bonds is 11. The van der Waals surface area contributed by atoms with Crippen LogP contribution in [0.1, 0.15) is 19.8 Å². The van der Waals surface area contributed by atoms with Gasteiger partial charge in [-0.15, -0.1) is 0 Å². The third kappa shape index (κ3) is 6.47. The Morgan fingerprint density at radius 2 is 1.67 bits per heavy atom. The molecule has 5 nitrogen and oxygen atoms in total. The Hall–Kier alpha value is -0.453. The summed E-state index contributed by atoms with van der Waals surface area (Å²) in [6.07, 6.45) is 2.08. The lowest BCUT2D eigenvalue weighted by Gasteiger charge is -2.26. The molecule has 0 aromatic carbocycles. The van der Waals surface area contributed by atoms with Crippen molar-refractivity contribution in [2.24, 2.45) is 0 Å². The minimum absolute atomic E-state index is 0.571. The molecular formula is C12H26N2O3Si. The zero-order valence-corrected chi connectivity index (χ0v) is 13.1. The smallest absolute Gasteiger partial charge is 0.377 e. The van der Waals surface area contributed by atoms with Crippen LogP contribution in [0.4, 0.5) is 0 Å². The Kier molecular flexibility index (Phi) is 10.2. The third-order valence-corrected chi connectivity index (χ3v) is 5.79. The van der Waals surface area contributed by atoms with Gasteiger partial charge in [-0.1, -0.05) is 6.92 Å². The molecule has 0 rings (SSSR count). The molecule has 0 heterocycles. The predicted molar refractivity (Wildman–Crippen MR) is 74.4 cm³/mol. The minimum Gasteiger partial charge on any atom is -0.377 e. The van der Waals surface area contributed by atoms with Crippen LogP contribution < -0.4 is 0 Å². The second kappa shape index (κ2) is 10.5. The normalized spacial score (nSPS) is 11.8. The van der Waals surface area contributed by atoms with Crippen molar-refractivity contribution in [3.05, 3.63) is 11.4 Å². The molecule has 0 fully saturated rings. The summed E-state index contributed by atoms with van der Waals surface area (Å²) in [5.74, 6) is 0. The van der Waals surface area contributed by atoms with Gasteiger partial charge in [-0.05, 0) is 25.9 Å². The number of hydrogen-bond acceptors (Lipinski definition) is 4. The first-order valence-corrected chi connectivity index (χ1v) is 8.32. The van der Waals surface area contributed by atoms with Crippen molar-refractivity contribution < 1.29 is 13.3 Å². The Bertz CT molecular complexity index is 234. The molecule has 0 saturated heterocycles. The van der Waals surface area contributed by atoms with E-state index < -0.39 is 8.80 Å². The van der Waals surface area contributed by atoms with Crippen molar-refractivity contribution in [1.29, 1.82) is 0 Å². The molecule has 0 spiro atoms. The first kappa shape index (κ1) is 17.5. The summed E-state index contributed by atoms with van der Waals surface area (Å²) < 4.78 is 16.2. The summed E-state index contributed by atoms with van der Waals surface area (Å²) in [7, 11) is 2.50. The first-order chi connectivity index (χ1) is 8.67. The summed E-state index contributed by atoms with van der Waals surface area (Å²) in [5, 5.41) is 0. The molecule has 0 amide bonds. The maximum absolute atomic E-state index is 6.84. The van der Waals surface area contributed by atoms with Crippen molar-refractivity contribution in [2.75, 3.05) is 47.5 Å². The standard InChI is InChI=1S/C12H26N2O3Si/c1-6-9-14(11-8-13-2)10-7-12-18(15-3,16-4)17-5/h6-12H2,1,3-5H3. The zero-order chi connectivity index (χ0) is 13.9. The van der Waals surface area contributed by atoms with E-state index in [1.54, 1.807) is 21.3 Å². The van der Waals surface area contributed by atoms with Gasteiger partial charge in [-0.3, -0.25) is 4.90 Å². The fourth-order valence-electron chi connectivity index (χ4n) is 1.92. The Labute approximate surface area is 112 Å². The molecule has 0 N–H and O–H groups in total. The van der Waals surface area contributed by atoms with Crippen molar-refractivity contribution in [3.63, 3.8) is 0 Å². The lowest BCUT2D eigenvalue weighted by Crippen LogP contribution is -2.43. The third-order valence-electron chi connectivity index (χ3n) is 2.96. The fraction of sp³-hybridized carbons (Fsp3) is 0.917. The molecule has 6 heteroatoms. The van der Waals surface area contributed by atoms with Crippen LogP contribution in [0.5, 0.6) is 0 Å². The Balaban J connectivity index is 4.06. The average molecular weight is 274 g/mol. The monoisotopic (exact) mass is 274 g/mol.